The van der Waals surface area contributed by atoms with E-state index >= 15 is 0 Å². The summed E-state index contributed by atoms with van der Waals surface area (Å²) in [6, 6.07) is 4.65. The maximum Gasteiger partial charge on any atom is 0.274 e. The lowest BCUT2D eigenvalue weighted by molar-refractivity contribution is -0.385. The van der Waals surface area contributed by atoms with Gasteiger partial charge in [-0.1, -0.05) is 6.07 Å². The van der Waals surface area contributed by atoms with Gasteiger partial charge in [0.1, 0.15) is 0 Å². The molecule has 2 aromatic rings. The Morgan fingerprint density at radius 1 is 1.14 bits per heavy atom. The van der Waals surface area contributed by atoms with Crippen LogP contribution in [0.5, 0.6) is 11.8 Å². The molecule has 1 aliphatic carbocycles. The first-order valence-corrected chi connectivity index (χ1v) is 6.90. The van der Waals surface area contributed by atoms with Crippen molar-refractivity contribution in [2.24, 2.45) is 0 Å². The van der Waals surface area contributed by atoms with E-state index in [0.717, 1.165) is 36.8 Å². The number of hydrogen-bond acceptors (Lipinski definition) is 4. The van der Waals surface area contributed by atoms with E-state index in [2.05, 4.69) is 0 Å². The fourth-order valence-corrected chi connectivity index (χ4v) is 2.95. The van der Waals surface area contributed by atoms with E-state index in [1.165, 1.54) is 10.6 Å². The summed E-state index contributed by atoms with van der Waals surface area (Å²) in [6.45, 7) is 1.66. The highest BCUT2D eigenvalue weighted by Gasteiger charge is 2.26. The normalized spacial score (nSPS) is 14.0. The smallest absolute Gasteiger partial charge is 0.274 e. The standard InChI is InChI=1S/C15H16N2O4/c1-9-6-7-10(8-13(9)17(20)21)16-14(18)11-4-2-3-5-12(11)15(16)19/h6-8,18-19H,2-5H2,1H3. The molecule has 6 heteroatoms. The molecule has 21 heavy (non-hydrogen) atoms. The zero-order valence-corrected chi connectivity index (χ0v) is 11.7. The van der Waals surface area contributed by atoms with Crippen LogP contribution in [0, 0.1) is 17.0 Å². The van der Waals surface area contributed by atoms with Gasteiger partial charge in [-0.05, 0) is 38.7 Å². The fourth-order valence-electron chi connectivity index (χ4n) is 2.95. The number of rotatable bonds is 2. The van der Waals surface area contributed by atoms with Crippen molar-refractivity contribution in [2.75, 3.05) is 0 Å². The first-order valence-electron chi connectivity index (χ1n) is 6.90. The molecule has 0 radical (unpaired) electrons. The van der Waals surface area contributed by atoms with Crippen molar-refractivity contribution in [3.8, 4) is 17.4 Å². The molecule has 0 saturated heterocycles. The number of nitrogens with zero attached hydrogens (tertiary/aromatic N) is 2. The first-order chi connectivity index (χ1) is 10.0. The Bertz CT molecular complexity index is 704. The zero-order chi connectivity index (χ0) is 15.1. The monoisotopic (exact) mass is 288 g/mol. The Morgan fingerprint density at radius 3 is 2.24 bits per heavy atom. The maximum atomic E-state index is 11.0. The number of aromatic hydroxyl groups is 2. The molecule has 2 N–H and O–H groups in total. The van der Waals surface area contributed by atoms with Crippen LogP contribution >= 0.6 is 0 Å². The van der Waals surface area contributed by atoms with Crippen LogP contribution in [0.25, 0.3) is 5.69 Å². The van der Waals surface area contributed by atoms with Crippen LogP contribution in [-0.2, 0) is 12.8 Å². The highest BCUT2D eigenvalue weighted by Crippen LogP contribution is 2.41. The minimum atomic E-state index is -0.462. The molecule has 0 aliphatic heterocycles. The van der Waals surface area contributed by atoms with Gasteiger partial charge in [0.25, 0.3) is 5.69 Å². The summed E-state index contributed by atoms with van der Waals surface area (Å²) < 4.78 is 1.29. The number of nitro benzene ring substituents is 1. The number of benzene rings is 1. The number of hydrogen-bond donors (Lipinski definition) is 2. The van der Waals surface area contributed by atoms with E-state index in [1.807, 2.05) is 0 Å². The molecule has 1 heterocycles. The van der Waals surface area contributed by atoms with Gasteiger partial charge in [-0.3, -0.25) is 14.7 Å². The van der Waals surface area contributed by atoms with Gasteiger partial charge in [-0.2, -0.15) is 0 Å². The Hall–Kier alpha value is -2.50. The first kappa shape index (κ1) is 13.5. The van der Waals surface area contributed by atoms with Gasteiger partial charge in [-0.25, -0.2) is 0 Å². The van der Waals surface area contributed by atoms with Crippen LogP contribution in [0.4, 0.5) is 5.69 Å². The van der Waals surface area contributed by atoms with Crippen LogP contribution in [0.1, 0.15) is 29.5 Å². The fraction of sp³-hybridized carbons (Fsp3) is 0.333. The molecule has 0 atom stereocenters. The second-order valence-corrected chi connectivity index (χ2v) is 5.37. The third-order valence-corrected chi connectivity index (χ3v) is 4.08. The number of aryl methyl sites for hydroxylation is 1. The highest BCUT2D eigenvalue weighted by atomic mass is 16.6. The largest absolute Gasteiger partial charge is 0.494 e. The molecular weight excluding hydrogens is 272 g/mol. The quantitative estimate of drug-likeness (QED) is 0.656. The summed E-state index contributed by atoms with van der Waals surface area (Å²) in [4.78, 5) is 10.6. The zero-order valence-electron chi connectivity index (χ0n) is 11.7. The van der Waals surface area contributed by atoms with Crippen molar-refractivity contribution in [3.63, 3.8) is 0 Å². The minimum absolute atomic E-state index is 0.0136. The lowest BCUT2D eigenvalue weighted by atomic mass is 9.95. The molecule has 0 amide bonds. The molecule has 3 rings (SSSR count). The minimum Gasteiger partial charge on any atom is -0.494 e. The molecule has 1 aromatic heterocycles. The molecule has 1 aromatic carbocycles. The number of fused-ring (bicyclic) bond motifs is 1. The second-order valence-electron chi connectivity index (χ2n) is 5.37. The molecule has 110 valence electrons. The summed E-state index contributed by atoms with van der Waals surface area (Å²) in [5, 5.41) is 31.7. The third-order valence-electron chi connectivity index (χ3n) is 4.08. The van der Waals surface area contributed by atoms with Crippen LogP contribution in [0.3, 0.4) is 0 Å². The van der Waals surface area contributed by atoms with Crippen molar-refractivity contribution in [1.29, 1.82) is 0 Å². The van der Waals surface area contributed by atoms with Crippen molar-refractivity contribution in [3.05, 3.63) is 45.0 Å². The van der Waals surface area contributed by atoms with Gasteiger partial charge in [0.15, 0.2) is 0 Å². The number of nitro groups is 1. The van der Waals surface area contributed by atoms with E-state index in [1.54, 1.807) is 19.1 Å². The Morgan fingerprint density at radius 2 is 1.71 bits per heavy atom. The van der Waals surface area contributed by atoms with Gasteiger partial charge in [0.05, 0.1) is 10.6 Å². The average Bonchev–Trinajstić information content (AvgIpc) is 2.72. The summed E-state index contributed by atoms with van der Waals surface area (Å²) in [5.41, 5.74) is 2.42. The van der Waals surface area contributed by atoms with Crippen molar-refractivity contribution in [2.45, 2.75) is 32.6 Å². The molecule has 0 spiro atoms. The predicted octanol–water partition coefficient (Wildman–Crippen LogP) is 2.98. The maximum absolute atomic E-state index is 11.0. The Kier molecular flexibility index (Phi) is 3.08. The predicted molar refractivity (Wildman–Crippen MR) is 77.1 cm³/mol. The van der Waals surface area contributed by atoms with Gasteiger partial charge in [0.2, 0.25) is 11.8 Å². The van der Waals surface area contributed by atoms with E-state index in [9.17, 15) is 20.3 Å². The molecule has 6 nitrogen and oxygen atoms in total. The van der Waals surface area contributed by atoms with Crippen LogP contribution < -0.4 is 0 Å². The topological polar surface area (TPSA) is 88.5 Å². The van der Waals surface area contributed by atoms with Gasteiger partial charge in [0, 0.05) is 22.8 Å². The van der Waals surface area contributed by atoms with Gasteiger partial charge < -0.3 is 10.2 Å². The van der Waals surface area contributed by atoms with Gasteiger partial charge in [-0.15, -0.1) is 0 Å². The molecule has 1 aliphatic rings. The Balaban J connectivity index is 2.19. The SMILES string of the molecule is Cc1ccc(-n2c(O)c3c(c2O)CCCC3)cc1[N+](=O)[O-]. The van der Waals surface area contributed by atoms with Crippen LogP contribution in [0.15, 0.2) is 18.2 Å². The third kappa shape index (κ3) is 2.03. The van der Waals surface area contributed by atoms with E-state index in [4.69, 9.17) is 0 Å². The van der Waals surface area contributed by atoms with Crippen LogP contribution in [0.2, 0.25) is 0 Å². The van der Waals surface area contributed by atoms with E-state index in [0.29, 0.717) is 11.3 Å². The summed E-state index contributed by atoms with van der Waals surface area (Å²) >= 11 is 0. The molecule has 0 unspecified atom stereocenters. The van der Waals surface area contributed by atoms with E-state index < -0.39 is 4.92 Å². The Labute approximate surface area is 121 Å². The van der Waals surface area contributed by atoms with Crippen molar-refractivity contribution in [1.82, 2.24) is 4.57 Å². The van der Waals surface area contributed by atoms with E-state index in [-0.39, 0.29) is 17.4 Å². The lowest BCUT2D eigenvalue weighted by Crippen LogP contribution is -1.98. The summed E-state index contributed by atoms with van der Waals surface area (Å²) in [7, 11) is 0. The lowest BCUT2D eigenvalue weighted by Gasteiger charge is -2.09. The number of aromatic nitrogens is 1. The molecule has 0 bridgehead atoms. The molecule has 0 fully saturated rings. The van der Waals surface area contributed by atoms with Crippen molar-refractivity contribution >= 4 is 5.69 Å². The molecular formula is C15H16N2O4. The summed E-state index contributed by atoms with van der Waals surface area (Å²) in [5.74, 6) is -0.0271. The second kappa shape index (κ2) is 4.80. The summed E-state index contributed by atoms with van der Waals surface area (Å²) in [6.07, 6.45) is 3.38. The highest BCUT2D eigenvalue weighted by molar-refractivity contribution is 5.57. The van der Waals surface area contributed by atoms with Crippen LogP contribution in [-0.4, -0.2) is 19.7 Å². The van der Waals surface area contributed by atoms with Gasteiger partial charge >= 0.3 is 0 Å². The molecule has 0 saturated carbocycles. The average molecular weight is 288 g/mol. The van der Waals surface area contributed by atoms with Crippen molar-refractivity contribution < 1.29 is 15.1 Å².